The van der Waals surface area contributed by atoms with Gasteiger partial charge in [0, 0.05) is 0 Å². The second-order valence-corrected chi connectivity index (χ2v) is 8.17. The Morgan fingerprint density at radius 2 is 1.58 bits per heavy atom. The van der Waals surface area contributed by atoms with Crippen molar-refractivity contribution >= 4 is 50.3 Å². The van der Waals surface area contributed by atoms with Crippen molar-refractivity contribution in [3.8, 4) is 0 Å². The predicted octanol–water partition coefficient (Wildman–Crippen LogP) is 2.78. The summed E-state index contributed by atoms with van der Waals surface area (Å²) in [6.45, 7) is 0. The largest absolute Gasteiger partial charge is 0.281 e. The van der Waals surface area contributed by atoms with E-state index in [0.717, 1.165) is 22.3 Å². The third-order valence-electron chi connectivity index (χ3n) is 3.16. The highest BCUT2D eigenvalue weighted by atomic mass is 32.2. The fourth-order valence-electron chi connectivity index (χ4n) is 2.02. The van der Waals surface area contributed by atoms with Crippen LogP contribution in [0, 0.1) is 0 Å². The second kappa shape index (κ2) is 6.86. The molecule has 5 nitrogen and oxygen atoms in total. The molecule has 0 unspecified atom stereocenters. The van der Waals surface area contributed by atoms with Crippen molar-refractivity contribution in [1.29, 1.82) is 0 Å². The summed E-state index contributed by atoms with van der Waals surface area (Å²) in [6, 6.07) is 17.1. The average Bonchev–Trinajstić information content (AvgIpc) is 2.84. The SMILES string of the molecule is O=C1/C(=C/c2ccccc2)SC(=S)N1NS(=O)(=O)c1ccccc1. The van der Waals surface area contributed by atoms with E-state index in [4.69, 9.17) is 12.2 Å². The molecule has 24 heavy (non-hydrogen) atoms. The molecular formula is C16H12N2O3S3. The number of amides is 1. The van der Waals surface area contributed by atoms with Crippen molar-refractivity contribution in [1.82, 2.24) is 9.84 Å². The molecule has 1 aliphatic heterocycles. The number of hydrogen-bond acceptors (Lipinski definition) is 5. The fraction of sp³-hybridized carbons (Fsp3) is 0. The highest BCUT2D eigenvalue weighted by Gasteiger charge is 2.35. The van der Waals surface area contributed by atoms with Crippen molar-refractivity contribution in [2.75, 3.05) is 0 Å². The van der Waals surface area contributed by atoms with Crippen LogP contribution in [0.4, 0.5) is 0 Å². The van der Waals surface area contributed by atoms with Gasteiger partial charge in [-0.25, -0.2) is 13.4 Å². The molecule has 2 aromatic carbocycles. The summed E-state index contributed by atoms with van der Waals surface area (Å²) in [5.41, 5.74) is 0.837. The first-order valence-corrected chi connectivity index (χ1v) is 9.59. The van der Waals surface area contributed by atoms with Crippen LogP contribution in [0.25, 0.3) is 6.08 Å². The van der Waals surface area contributed by atoms with E-state index in [1.165, 1.54) is 12.1 Å². The number of carbonyl (C=O) groups is 1. The predicted molar refractivity (Wildman–Crippen MR) is 98.2 cm³/mol. The highest BCUT2D eigenvalue weighted by Crippen LogP contribution is 2.31. The number of thiocarbonyl (C=S) groups is 1. The first-order chi connectivity index (χ1) is 11.5. The molecule has 1 saturated heterocycles. The lowest BCUT2D eigenvalue weighted by Crippen LogP contribution is -2.44. The van der Waals surface area contributed by atoms with Gasteiger partial charge in [-0.05, 0) is 23.8 Å². The Morgan fingerprint density at radius 3 is 2.21 bits per heavy atom. The number of hydrogen-bond donors (Lipinski definition) is 1. The molecule has 0 aliphatic carbocycles. The minimum absolute atomic E-state index is 0.0612. The van der Waals surface area contributed by atoms with Crippen LogP contribution in [0.3, 0.4) is 0 Å². The highest BCUT2D eigenvalue weighted by molar-refractivity contribution is 8.26. The van der Waals surface area contributed by atoms with Gasteiger partial charge < -0.3 is 0 Å². The third kappa shape index (κ3) is 3.57. The maximum Gasteiger partial charge on any atom is 0.281 e. The molecule has 1 amide bonds. The molecule has 0 aromatic heterocycles. The normalized spacial score (nSPS) is 16.8. The molecule has 122 valence electrons. The number of sulfonamides is 1. The summed E-state index contributed by atoms with van der Waals surface area (Å²) in [5.74, 6) is -0.492. The van der Waals surface area contributed by atoms with Crippen LogP contribution in [0.1, 0.15) is 5.56 Å². The van der Waals surface area contributed by atoms with E-state index in [1.807, 2.05) is 30.3 Å². The molecule has 2 aromatic rings. The van der Waals surface area contributed by atoms with Crippen LogP contribution in [-0.2, 0) is 14.8 Å². The summed E-state index contributed by atoms with van der Waals surface area (Å²) < 4.78 is 24.8. The lowest BCUT2D eigenvalue weighted by Gasteiger charge is -2.15. The zero-order chi connectivity index (χ0) is 17.2. The number of thioether (sulfide) groups is 1. The summed E-state index contributed by atoms with van der Waals surface area (Å²) in [5, 5.41) is 0.886. The van der Waals surface area contributed by atoms with Crippen molar-refractivity contribution < 1.29 is 13.2 Å². The summed E-state index contributed by atoms with van der Waals surface area (Å²) >= 11 is 6.18. The van der Waals surface area contributed by atoms with Crippen LogP contribution in [0.15, 0.2) is 70.5 Å². The van der Waals surface area contributed by atoms with Crippen LogP contribution in [0.2, 0.25) is 0 Å². The van der Waals surface area contributed by atoms with E-state index in [2.05, 4.69) is 4.83 Å². The van der Waals surface area contributed by atoms with E-state index in [1.54, 1.807) is 24.3 Å². The second-order valence-electron chi connectivity index (χ2n) is 4.84. The topological polar surface area (TPSA) is 66.5 Å². The smallest absolute Gasteiger partial charge is 0.267 e. The minimum atomic E-state index is -3.88. The lowest BCUT2D eigenvalue weighted by molar-refractivity contribution is -0.123. The van der Waals surface area contributed by atoms with Gasteiger partial charge >= 0.3 is 0 Å². The standard InChI is InChI=1S/C16H12N2O3S3/c19-15-14(11-12-7-3-1-4-8-12)23-16(22)18(15)17-24(20,21)13-9-5-2-6-10-13/h1-11,17H/b14-11-. The molecule has 0 saturated carbocycles. The van der Waals surface area contributed by atoms with Crippen molar-refractivity contribution in [2.45, 2.75) is 4.90 Å². The van der Waals surface area contributed by atoms with Gasteiger partial charge in [0.2, 0.25) is 0 Å². The molecule has 0 radical (unpaired) electrons. The molecule has 1 aliphatic rings. The van der Waals surface area contributed by atoms with Gasteiger partial charge in [-0.1, -0.05) is 72.5 Å². The Morgan fingerprint density at radius 1 is 1.00 bits per heavy atom. The minimum Gasteiger partial charge on any atom is -0.267 e. The zero-order valence-corrected chi connectivity index (χ0v) is 14.7. The van der Waals surface area contributed by atoms with Crippen LogP contribution in [-0.4, -0.2) is 23.7 Å². The number of nitrogens with zero attached hydrogens (tertiary/aromatic N) is 1. The molecular weight excluding hydrogens is 364 g/mol. The van der Waals surface area contributed by atoms with E-state index in [-0.39, 0.29) is 9.22 Å². The Bertz CT molecular complexity index is 910. The summed E-state index contributed by atoms with van der Waals surface area (Å²) in [7, 11) is -3.88. The first-order valence-electron chi connectivity index (χ1n) is 6.88. The monoisotopic (exact) mass is 376 g/mol. The van der Waals surface area contributed by atoms with Gasteiger partial charge in [-0.15, -0.1) is 4.83 Å². The number of benzene rings is 2. The Labute approximate surface area is 149 Å². The quantitative estimate of drug-likeness (QED) is 0.657. The van der Waals surface area contributed by atoms with Crippen LogP contribution in [0.5, 0.6) is 0 Å². The number of rotatable bonds is 4. The Kier molecular flexibility index (Phi) is 4.81. The lowest BCUT2D eigenvalue weighted by atomic mass is 10.2. The molecule has 0 spiro atoms. The molecule has 0 bridgehead atoms. The molecule has 1 heterocycles. The Balaban J connectivity index is 1.84. The maximum absolute atomic E-state index is 12.5. The first kappa shape index (κ1) is 16.8. The van der Waals surface area contributed by atoms with Crippen molar-refractivity contribution in [3.63, 3.8) is 0 Å². The number of hydrazine groups is 1. The van der Waals surface area contributed by atoms with Crippen LogP contribution < -0.4 is 4.83 Å². The molecule has 0 atom stereocenters. The van der Waals surface area contributed by atoms with Gasteiger partial charge in [-0.2, -0.15) is 0 Å². The van der Waals surface area contributed by atoms with E-state index < -0.39 is 15.9 Å². The van der Waals surface area contributed by atoms with Gasteiger partial charge in [0.15, 0.2) is 4.32 Å². The average molecular weight is 376 g/mol. The van der Waals surface area contributed by atoms with Crippen LogP contribution >= 0.6 is 24.0 Å². The molecule has 3 rings (SSSR count). The van der Waals surface area contributed by atoms with E-state index >= 15 is 0 Å². The van der Waals surface area contributed by atoms with Gasteiger partial charge in [-0.3, -0.25) is 4.79 Å². The Hall–Kier alpha value is -2.00. The third-order valence-corrected chi connectivity index (χ3v) is 5.77. The van der Waals surface area contributed by atoms with E-state index in [0.29, 0.717) is 4.91 Å². The van der Waals surface area contributed by atoms with Crippen molar-refractivity contribution in [2.24, 2.45) is 0 Å². The molecule has 1 fully saturated rings. The van der Waals surface area contributed by atoms with E-state index in [9.17, 15) is 13.2 Å². The van der Waals surface area contributed by atoms with Crippen molar-refractivity contribution in [3.05, 3.63) is 71.1 Å². The maximum atomic E-state index is 12.5. The fourth-order valence-corrected chi connectivity index (χ4v) is 4.35. The summed E-state index contributed by atoms with van der Waals surface area (Å²) in [4.78, 5) is 15.1. The molecule has 1 N–H and O–H groups in total. The summed E-state index contributed by atoms with van der Waals surface area (Å²) in [6.07, 6.45) is 1.68. The number of nitrogens with one attached hydrogen (secondary N) is 1. The van der Waals surface area contributed by atoms with Gasteiger partial charge in [0.25, 0.3) is 15.9 Å². The molecule has 8 heteroatoms. The van der Waals surface area contributed by atoms with Gasteiger partial charge in [0.05, 0.1) is 9.80 Å². The number of carbonyl (C=O) groups excluding carboxylic acids is 1. The van der Waals surface area contributed by atoms with Gasteiger partial charge in [0.1, 0.15) is 0 Å². The zero-order valence-electron chi connectivity index (χ0n) is 12.2.